The molecule has 0 saturated heterocycles. The summed E-state index contributed by atoms with van der Waals surface area (Å²) in [6, 6.07) is 112. The van der Waals surface area contributed by atoms with Crippen LogP contribution in [0.3, 0.4) is 0 Å². The molecule has 0 aliphatic heterocycles. The summed E-state index contributed by atoms with van der Waals surface area (Å²) in [7, 11) is 0. The van der Waals surface area contributed by atoms with Crippen LogP contribution in [0.2, 0.25) is 0 Å². The van der Waals surface area contributed by atoms with Crippen molar-refractivity contribution in [3.63, 3.8) is 0 Å². The first-order chi connectivity index (χ1) is 67.6. The van der Waals surface area contributed by atoms with Crippen molar-refractivity contribution in [1.82, 2.24) is 28.2 Å². The molecular formula is C114H98N12O6S6. The molecule has 6 aromatic heterocycles. The van der Waals surface area contributed by atoms with Gasteiger partial charge >= 0.3 is 0 Å². The fraction of sp³-hybridized carbons (Fsp3) is 0.105. The van der Waals surface area contributed by atoms with Crippen LogP contribution in [0.1, 0.15) is 100 Å². The van der Waals surface area contributed by atoms with Crippen molar-refractivity contribution in [3.8, 4) is 92.2 Å². The summed E-state index contributed by atoms with van der Waals surface area (Å²) in [5.74, 6) is 4.13. The Labute approximate surface area is 827 Å². The van der Waals surface area contributed by atoms with E-state index in [0.29, 0.717) is 67.7 Å². The van der Waals surface area contributed by atoms with Crippen LogP contribution in [-0.2, 0) is 26.2 Å². The van der Waals surface area contributed by atoms with Crippen LogP contribution < -0.4 is 29.0 Å². The van der Waals surface area contributed by atoms with Gasteiger partial charge in [0.05, 0.1) is 47.3 Å². The fourth-order valence-electron chi connectivity index (χ4n) is 14.2. The third-order valence-corrected chi connectivity index (χ3v) is 26.1. The SMILES string of the molecule is C#CCN(C(=O)c1ccccc1)c1nc(-c2ccc(C)cc2C)cs1.C#CCn1c(-c2ccccc2)csc1=NC(=O)c1ccccc1.C=CCn1c(-c2ccccc2)csc1=NC(=O)c1ccccc1.CCCn1c(-c2ccccc2)csc1=NC(=O)c1ccccc1.CCN(C(=O)c1ccccc1)c1nc(-c2ccccc2)cs1.CCn1c(-c2ccccc2)csc1=NC(=O)c1ccccc1. The van der Waals surface area contributed by atoms with E-state index in [-0.39, 0.29) is 42.0 Å². The smallest absolute Gasteiger partial charge is 0.279 e. The first-order valence-electron chi connectivity index (χ1n) is 44.3. The van der Waals surface area contributed by atoms with Crippen LogP contribution in [-0.4, -0.2) is 76.8 Å². The third-order valence-electron chi connectivity index (χ3n) is 20.9. The quantitative estimate of drug-likeness (QED) is 0.0470. The largest absolute Gasteiger partial charge is 0.317 e. The number of amides is 6. The molecule has 0 fully saturated rings. The molecule has 0 spiro atoms. The Morgan fingerprint density at radius 1 is 0.355 bits per heavy atom. The van der Waals surface area contributed by atoms with Crippen molar-refractivity contribution >= 4 is 114 Å². The van der Waals surface area contributed by atoms with Gasteiger partial charge < -0.3 is 18.3 Å². The Balaban J connectivity index is 0.000000140. The molecule has 0 saturated carbocycles. The Morgan fingerprint density at radius 2 is 0.667 bits per heavy atom. The van der Waals surface area contributed by atoms with Crippen molar-refractivity contribution < 1.29 is 28.8 Å². The summed E-state index contributed by atoms with van der Waals surface area (Å²) >= 11 is 8.80. The van der Waals surface area contributed by atoms with E-state index in [9.17, 15) is 28.8 Å². The zero-order valence-corrected chi connectivity index (χ0v) is 81.5. The van der Waals surface area contributed by atoms with Crippen molar-refractivity contribution in [2.75, 3.05) is 22.9 Å². The van der Waals surface area contributed by atoms with Crippen LogP contribution in [0.5, 0.6) is 0 Å². The Bertz CT molecular complexity index is 7470. The third kappa shape index (κ3) is 27.0. The second-order valence-corrected chi connectivity index (χ2v) is 35.4. The van der Waals surface area contributed by atoms with E-state index >= 15 is 0 Å². The zero-order chi connectivity index (χ0) is 96.8. The molecule has 0 N–H and O–H groups in total. The lowest BCUT2D eigenvalue weighted by Gasteiger charge is -2.17. The van der Waals surface area contributed by atoms with E-state index in [1.54, 1.807) is 70.5 Å². The van der Waals surface area contributed by atoms with Crippen LogP contribution >= 0.6 is 68.0 Å². The molecule has 12 aromatic carbocycles. The van der Waals surface area contributed by atoms with Gasteiger partial charge in [-0.05, 0) is 135 Å². The summed E-state index contributed by atoms with van der Waals surface area (Å²) in [6.07, 6.45) is 13.8. The number of aromatic nitrogens is 6. The molecule has 18 nitrogen and oxygen atoms in total. The van der Waals surface area contributed by atoms with Crippen LogP contribution in [0.15, 0.2) is 417 Å². The van der Waals surface area contributed by atoms with E-state index in [1.807, 2.05) is 292 Å². The number of rotatable bonds is 22. The molecule has 0 bridgehead atoms. The van der Waals surface area contributed by atoms with Gasteiger partial charge in [-0.15, -0.1) is 87.4 Å². The van der Waals surface area contributed by atoms with E-state index in [4.69, 9.17) is 12.8 Å². The lowest BCUT2D eigenvalue weighted by Crippen LogP contribution is -2.31. The second kappa shape index (κ2) is 51.5. The number of anilines is 2. The minimum absolute atomic E-state index is 0.0166. The van der Waals surface area contributed by atoms with Crippen LogP contribution in [0.4, 0.5) is 10.3 Å². The maximum Gasteiger partial charge on any atom is 0.279 e. The molecule has 18 aromatic rings. The van der Waals surface area contributed by atoms with Crippen LogP contribution in [0.25, 0.3) is 67.5 Å². The molecule has 6 amide bonds. The lowest BCUT2D eigenvalue weighted by molar-refractivity contribution is 0.0981. The van der Waals surface area contributed by atoms with Gasteiger partial charge in [0.15, 0.2) is 29.5 Å². The molecule has 6 heterocycles. The Morgan fingerprint density at radius 3 is 1.02 bits per heavy atom. The molecule has 0 radical (unpaired) electrons. The average Bonchev–Trinajstić information content (AvgIpc) is 1.67. The summed E-state index contributed by atoms with van der Waals surface area (Å²) < 4.78 is 8.09. The fourth-order valence-corrected chi connectivity index (χ4v) is 19.6. The minimum Gasteiger partial charge on any atom is -0.317 e. The van der Waals surface area contributed by atoms with Crippen molar-refractivity contribution in [1.29, 1.82) is 0 Å². The number of carbonyl (C=O) groups excluding carboxylic acids is 6. The van der Waals surface area contributed by atoms with E-state index < -0.39 is 0 Å². The van der Waals surface area contributed by atoms with Crippen molar-refractivity contribution in [2.24, 2.45) is 20.0 Å². The molecule has 0 unspecified atom stereocenters. The Hall–Kier alpha value is -15.9. The monoisotopic (exact) mass is 1920 g/mol. The number of benzene rings is 12. The molecule has 18 rings (SSSR count). The van der Waals surface area contributed by atoms with Gasteiger partial charge in [0.25, 0.3) is 35.4 Å². The number of hydrogen-bond acceptors (Lipinski definition) is 14. The van der Waals surface area contributed by atoms with Gasteiger partial charge in [-0.3, -0.25) is 38.6 Å². The summed E-state index contributed by atoms with van der Waals surface area (Å²) in [5.41, 5.74) is 18.6. The first kappa shape index (κ1) is 99.6. The van der Waals surface area contributed by atoms with Gasteiger partial charge in [0.1, 0.15) is 0 Å². The summed E-state index contributed by atoms with van der Waals surface area (Å²) in [4.78, 5) is 107. The van der Waals surface area contributed by atoms with E-state index in [1.165, 1.54) is 73.6 Å². The highest BCUT2D eigenvalue weighted by Gasteiger charge is 2.23. The highest BCUT2D eigenvalue weighted by molar-refractivity contribution is 7.14. The standard InChI is InChI=1S/C21H18N2OS.C19H18N2OS.C19H16N2OS.C19H14N2OS.2C18H16N2OS/c1-4-12-23(20(24)17-8-6-5-7-9-17)21-22-19(14-25-21)18-11-10-15(2)13-16(18)3;3*1-2-13-21-17(15-9-5-3-6-10-15)14-23-19(21)20-18(22)16-11-7-4-8-12-16;1-2-20-16(14-9-5-3-6-10-14)13-22-18(20)19-17(21)15-11-7-4-8-12-15;1-2-20(17(21)15-11-7-4-8-12-15)18-19-16(13-22-18)14-9-5-3-6-10-14/h1,5-11,13-14H,12H2,2-3H3;3-12,14H,2,13H2,1H3;2-12,14H,1,13H2;1,3-12,14H,13H2;2*3-13H,2H2,1H3. The number of allylic oxidation sites excluding steroid dienone is 1. The maximum atomic E-state index is 12.8. The number of terminal acetylenes is 2. The molecule has 0 atom stereocenters. The number of hydrogen-bond donors (Lipinski definition) is 0. The number of thiazole rings is 6. The number of carbonyl (C=O) groups is 6. The van der Waals surface area contributed by atoms with Crippen molar-refractivity contribution in [3.05, 3.63) is 460 Å². The molecule has 0 aliphatic rings. The van der Waals surface area contributed by atoms with Gasteiger partial charge in [0.2, 0.25) is 0 Å². The van der Waals surface area contributed by atoms with Crippen LogP contribution in [0, 0.1) is 38.5 Å². The summed E-state index contributed by atoms with van der Waals surface area (Å²) in [5, 5.41) is 13.4. The van der Waals surface area contributed by atoms with Gasteiger partial charge in [-0.25, -0.2) is 9.97 Å². The topological polar surface area (TPSA) is 204 Å². The molecule has 0 aliphatic carbocycles. The molecular weight excluding hydrogens is 1830 g/mol. The number of aryl methyl sites for hydroxylation is 2. The van der Waals surface area contributed by atoms with Gasteiger partial charge in [-0.2, -0.15) is 20.0 Å². The molecule has 24 heteroatoms. The predicted octanol–water partition coefficient (Wildman–Crippen LogP) is 25.3. The van der Waals surface area contributed by atoms with Gasteiger partial charge in [-0.1, -0.05) is 309 Å². The lowest BCUT2D eigenvalue weighted by atomic mass is 10.0. The summed E-state index contributed by atoms with van der Waals surface area (Å²) in [6.45, 7) is 17.5. The van der Waals surface area contributed by atoms with E-state index in [0.717, 1.165) is 107 Å². The normalized spacial score (nSPS) is 11.1. The van der Waals surface area contributed by atoms with Gasteiger partial charge in [0, 0.05) is 103 Å². The maximum absolute atomic E-state index is 12.8. The minimum atomic E-state index is -0.266. The van der Waals surface area contributed by atoms with E-state index in [2.05, 4.69) is 138 Å². The highest BCUT2D eigenvalue weighted by atomic mass is 32.1. The molecule has 138 heavy (non-hydrogen) atoms. The average molecular weight is 1920 g/mol. The zero-order valence-electron chi connectivity index (χ0n) is 76.6. The predicted molar refractivity (Wildman–Crippen MR) is 567 cm³/mol. The van der Waals surface area contributed by atoms with Crippen molar-refractivity contribution in [2.45, 2.75) is 67.2 Å². The number of nitrogens with zero attached hydrogens (tertiary/aromatic N) is 12. The highest BCUT2D eigenvalue weighted by Crippen LogP contribution is 2.33. The first-order valence-corrected chi connectivity index (χ1v) is 49.6. The second-order valence-electron chi connectivity index (χ2n) is 30.4. The molecule has 686 valence electrons. The Kier molecular flexibility index (Phi) is 37.2.